The maximum absolute atomic E-state index is 12.8. The van der Waals surface area contributed by atoms with Gasteiger partial charge in [0.15, 0.2) is 0 Å². The van der Waals surface area contributed by atoms with Gasteiger partial charge in [0.1, 0.15) is 12.4 Å². The van der Waals surface area contributed by atoms with E-state index in [1.165, 1.54) is 0 Å². The number of ether oxygens (including phenoxy) is 1. The van der Waals surface area contributed by atoms with Crippen molar-refractivity contribution in [2.24, 2.45) is 0 Å². The molecule has 3 nitrogen and oxygen atoms in total. The Balaban J connectivity index is 1.55. The first-order valence-electron chi connectivity index (χ1n) is 8.29. The van der Waals surface area contributed by atoms with Crippen LogP contribution in [0.5, 0.6) is 5.75 Å². The molecular formula is C22H16ClNO2. The van der Waals surface area contributed by atoms with Crippen molar-refractivity contribution in [1.29, 1.82) is 0 Å². The molecule has 0 fully saturated rings. The van der Waals surface area contributed by atoms with E-state index >= 15 is 0 Å². The summed E-state index contributed by atoms with van der Waals surface area (Å²) in [7, 11) is 0. The van der Waals surface area contributed by atoms with Crippen LogP contribution in [-0.4, -0.2) is 10.8 Å². The molecule has 128 valence electrons. The van der Waals surface area contributed by atoms with Crippen LogP contribution in [0.2, 0.25) is 5.02 Å². The van der Waals surface area contributed by atoms with Crippen molar-refractivity contribution in [3.05, 3.63) is 101 Å². The predicted molar refractivity (Wildman–Crippen MR) is 104 cm³/mol. The number of rotatable bonds is 5. The second kappa shape index (κ2) is 7.06. The Morgan fingerprint density at radius 2 is 1.77 bits per heavy atom. The average molecular weight is 362 g/mol. The van der Waals surface area contributed by atoms with Crippen molar-refractivity contribution in [2.75, 3.05) is 0 Å². The van der Waals surface area contributed by atoms with Gasteiger partial charge >= 0.3 is 0 Å². The molecule has 0 aliphatic carbocycles. The fraction of sp³-hybridized carbons (Fsp3) is 0.0455. The van der Waals surface area contributed by atoms with Crippen molar-refractivity contribution < 1.29 is 9.53 Å². The largest absolute Gasteiger partial charge is 0.489 e. The van der Waals surface area contributed by atoms with Crippen molar-refractivity contribution in [2.45, 2.75) is 6.61 Å². The predicted octanol–water partition coefficient (Wildman–Crippen LogP) is 5.63. The number of carbonyl (C=O) groups is 1. The Bertz CT molecular complexity index is 1070. The monoisotopic (exact) mass is 361 g/mol. The van der Waals surface area contributed by atoms with Gasteiger partial charge in [-0.1, -0.05) is 60.1 Å². The second-order valence-corrected chi connectivity index (χ2v) is 6.48. The summed E-state index contributed by atoms with van der Waals surface area (Å²) in [6, 6.07) is 24.5. The molecule has 0 atom stereocenters. The molecule has 0 unspecified atom stereocenters. The van der Waals surface area contributed by atoms with Crippen LogP contribution in [0.1, 0.15) is 21.6 Å². The quantitative estimate of drug-likeness (QED) is 0.468. The minimum Gasteiger partial charge on any atom is -0.489 e. The molecule has 0 amide bonds. The van der Waals surface area contributed by atoms with Gasteiger partial charge in [-0.05, 0) is 35.9 Å². The van der Waals surface area contributed by atoms with E-state index in [4.69, 9.17) is 16.3 Å². The SMILES string of the molecule is O=C(c1cccc(OCc2ccccc2)c1)c1cc2ccc(Cl)cc2[nH]1. The maximum atomic E-state index is 12.8. The first kappa shape index (κ1) is 16.4. The fourth-order valence-electron chi connectivity index (χ4n) is 2.85. The third-order valence-corrected chi connectivity index (χ3v) is 4.41. The molecule has 4 rings (SSSR count). The van der Waals surface area contributed by atoms with Gasteiger partial charge in [-0.2, -0.15) is 0 Å². The molecule has 4 heteroatoms. The van der Waals surface area contributed by atoms with Gasteiger partial charge in [0.25, 0.3) is 0 Å². The minimum absolute atomic E-state index is 0.0810. The lowest BCUT2D eigenvalue weighted by molar-refractivity contribution is 0.103. The van der Waals surface area contributed by atoms with Crippen molar-refractivity contribution in [1.82, 2.24) is 4.98 Å². The molecule has 0 aliphatic heterocycles. The lowest BCUT2D eigenvalue weighted by Crippen LogP contribution is -2.02. The zero-order valence-corrected chi connectivity index (χ0v) is 14.7. The van der Waals surface area contributed by atoms with Gasteiger partial charge in [-0.3, -0.25) is 4.79 Å². The van der Waals surface area contributed by atoms with Crippen LogP contribution in [-0.2, 0) is 6.61 Å². The molecule has 26 heavy (non-hydrogen) atoms. The number of H-pyrrole nitrogens is 1. The number of hydrogen-bond donors (Lipinski definition) is 1. The standard InChI is InChI=1S/C22H16ClNO2/c23-18-10-9-16-12-21(24-20(16)13-18)22(25)17-7-4-8-19(11-17)26-14-15-5-2-1-3-6-15/h1-13,24H,14H2. The highest BCUT2D eigenvalue weighted by Crippen LogP contribution is 2.23. The molecule has 0 saturated carbocycles. The van der Waals surface area contributed by atoms with Crippen LogP contribution in [0.4, 0.5) is 0 Å². The lowest BCUT2D eigenvalue weighted by atomic mass is 10.1. The van der Waals surface area contributed by atoms with Crippen LogP contribution in [0, 0.1) is 0 Å². The molecular weight excluding hydrogens is 346 g/mol. The van der Waals surface area contributed by atoms with E-state index < -0.39 is 0 Å². The third kappa shape index (κ3) is 3.48. The number of halogens is 1. The maximum Gasteiger partial charge on any atom is 0.209 e. The molecule has 0 saturated heterocycles. The Kier molecular flexibility index (Phi) is 4.46. The summed E-state index contributed by atoms with van der Waals surface area (Å²) in [4.78, 5) is 15.9. The number of aromatic nitrogens is 1. The number of aromatic amines is 1. The first-order chi connectivity index (χ1) is 12.7. The minimum atomic E-state index is -0.0810. The normalized spacial score (nSPS) is 10.8. The Hall–Kier alpha value is -3.04. The van der Waals surface area contributed by atoms with Gasteiger partial charge in [0, 0.05) is 21.5 Å². The molecule has 1 heterocycles. The molecule has 4 aromatic rings. The van der Waals surface area contributed by atoms with Crippen LogP contribution < -0.4 is 4.74 Å². The average Bonchev–Trinajstić information content (AvgIpc) is 3.10. The molecule has 0 bridgehead atoms. The highest BCUT2D eigenvalue weighted by Gasteiger charge is 2.13. The fourth-order valence-corrected chi connectivity index (χ4v) is 3.02. The Morgan fingerprint density at radius 3 is 2.62 bits per heavy atom. The zero-order valence-electron chi connectivity index (χ0n) is 13.9. The first-order valence-corrected chi connectivity index (χ1v) is 8.66. The number of nitrogens with one attached hydrogen (secondary N) is 1. The van der Waals surface area contributed by atoms with E-state index in [0.29, 0.717) is 28.6 Å². The number of fused-ring (bicyclic) bond motifs is 1. The summed E-state index contributed by atoms with van der Waals surface area (Å²) in [6.07, 6.45) is 0. The van der Waals surface area contributed by atoms with Crippen molar-refractivity contribution >= 4 is 28.3 Å². The van der Waals surface area contributed by atoms with Gasteiger partial charge in [-0.25, -0.2) is 0 Å². The molecule has 1 aromatic heterocycles. The number of carbonyl (C=O) groups excluding carboxylic acids is 1. The summed E-state index contributed by atoms with van der Waals surface area (Å²) in [5.74, 6) is 0.585. The molecule has 0 radical (unpaired) electrons. The van der Waals surface area contributed by atoms with Crippen molar-refractivity contribution in [3.63, 3.8) is 0 Å². The Labute approximate surface area is 156 Å². The number of hydrogen-bond acceptors (Lipinski definition) is 2. The number of benzene rings is 3. The van der Waals surface area contributed by atoms with Gasteiger partial charge < -0.3 is 9.72 Å². The Morgan fingerprint density at radius 1 is 0.923 bits per heavy atom. The summed E-state index contributed by atoms with van der Waals surface area (Å²) in [6.45, 7) is 0.462. The van der Waals surface area contributed by atoms with E-state index in [9.17, 15) is 4.79 Å². The summed E-state index contributed by atoms with van der Waals surface area (Å²) >= 11 is 6.01. The van der Waals surface area contributed by atoms with Gasteiger partial charge in [0.2, 0.25) is 5.78 Å². The van der Waals surface area contributed by atoms with E-state index in [1.54, 1.807) is 12.1 Å². The van der Waals surface area contributed by atoms with E-state index in [0.717, 1.165) is 16.5 Å². The summed E-state index contributed by atoms with van der Waals surface area (Å²) < 4.78 is 5.81. The smallest absolute Gasteiger partial charge is 0.209 e. The second-order valence-electron chi connectivity index (χ2n) is 6.05. The topological polar surface area (TPSA) is 42.1 Å². The van der Waals surface area contributed by atoms with Crippen LogP contribution >= 0.6 is 11.6 Å². The molecule has 0 aliphatic rings. The highest BCUT2D eigenvalue weighted by molar-refractivity contribution is 6.31. The summed E-state index contributed by atoms with van der Waals surface area (Å²) in [5.41, 5.74) is 3.03. The van der Waals surface area contributed by atoms with Crippen LogP contribution in [0.15, 0.2) is 78.9 Å². The van der Waals surface area contributed by atoms with E-state index in [-0.39, 0.29) is 5.78 Å². The van der Waals surface area contributed by atoms with Crippen molar-refractivity contribution in [3.8, 4) is 5.75 Å². The molecule has 3 aromatic carbocycles. The van der Waals surface area contributed by atoms with E-state index in [2.05, 4.69) is 4.98 Å². The van der Waals surface area contributed by atoms with E-state index in [1.807, 2.05) is 66.7 Å². The van der Waals surface area contributed by atoms with Gasteiger partial charge in [0.05, 0.1) is 5.69 Å². The number of ketones is 1. The highest BCUT2D eigenvalue weighted by atomic mass is 35.5. The zero-order chi connectivity index (χ0) is 17.9. The molecule has 0 spiro atoms. The summed E-state index contributed by atoms with van der Waals surface area (Å²) in [5, 5.41) is 1.59. The van der Waals surface area contributed by atoms with Crippen LogP contribution in [0.25, 0.3) is 10.9 Å². The lowest BCUT2D eigenvalue weighted by Gasteiger charge is -2.07. The van der Waals surface area contributed by atoms with Crippen LogP contribution in [0.3, 0.4) is 0 Å². The van der Waals surface area contributed by atoms with Gasteiger partial charge in [-0.15, -0.1) is 0 Å². The molecule has 1 N–H and O–H groups in total. The third-order valence-electron chi connectivity index (χ3n) is 4.17.